The zero-order valence-corrected chi connectivity index (χ0v) is 6.68. The van der Waals surface area contributed by atoms with E-state index in [0.717, 1.165) is 0 Å². The minimum atomic E-state index is -2.53. The molecule has 0 bridgehead atoms. The van der Waals surface area contributed by atoms with Gasteiger partial charge in [-0.3, -0.25) is 0 Å². The van der Waals surface area contributed by atoms with Crippen LogP contribution in [0.5, 0.6) is 0 Å². The Kier molecular flexibility index (Phi) is 4.40. The molecule has 0 heterocycles. The van der Waals surface area contributed by atoms with E-state index in [-0.39, 0.29) is 0 Å². The van der Waals surface area contributed by atoms with Gasteiger partial charge in [-0.15, -0.1) is 5.06 Å². The summed E-state index contributed by atoms with van der Waals surface area (Å²) in [7, 11) is 0. The predicted molar refractivity (Wildman–Crippen MR) is 36.9 cm³/mol. The fraction of sp³-hybridized carbons (Fsp3) is 0.600. The molecule has 14 heavy (non-hydrogen) atoms. The minimum Gasteiger partial charge on any atom is -0.479 e. The molecule has 0 aromatic heterocycles. The quantitative estimate of drug-likeness (QED) is 0.204. The SMILES string of the molecule is O=C(O)[C@@H](O)[C@H](O)N(O)[C@H](O)C(=O)O. The molecule has 0 aliphatic carbocycles. The van der Waals surface area contributed by atoms with Gasteiger partial charge in [-0.2, -0.15) is 0 Å². The van der Waals surface area contributed by atoms with E-state index in [0.29, 0.717) is 0 Å². The number of carbonyl (C=O) groups is 2. The number of carboxylic acids is 2. The van der Waals surface area contributed by atoms with Crippen molar-refractivity contribution in [3.05, 3.63) is 0 Å². The molecule has 9 nitrogen and oxygen atoms in total. The average molecular weight is 211 g/mol. The van der Waals surface area contributed by atoms with Crippen LogP contribution in [0.2, 0.25) is 0 Å². The summed E-state index contributed by atoms with van der Waals surface area (Å²) in [5.41, 5.74) is 0. The van der Waals surface area contributed by atoms with Crippen molar-refractivity contribution < 1.29 is 40.3 Å². The second-order valence-corrected chi connectivity index (χ2v) is 2.29. The van der Waals surface area contributed by atoms with Crippen molar-refractivity contribution in [2.24, 2.45) is 0 Å². The van der Waals surface area contributed by atoms with Crippen LogP contribution in [-0.2, 0) is 9.59 Å². The third kappa shape index (κ3) is 2.90. The van der Waals surface area contributed by atoms with Gasteiger partial charge in [0.25, 0.3) is 0 Å². The maximum absolute atomic E-state index is 10.1. The highest BCUT2D eigenvalue weighted by Crippen LogP contribution is 2.03. The molecule has 0 aliphatic rings. The molecule has 0 aromatic carbocycles. The van der Waals surface area contributed by atoms with E-state index >= 15 is 0 Å². The van der Waals surface area contributed by atoms with Crippen LogP contribution in [0.15, 0.2) is 0 Å². The normalized spacial score (nSPS) is 17.5. The van der Waals surface area contributed by atoms with E-state index in [1.54, 1.807) is 0 Å². The molecule has 0 saturated carbocycles. The highest BCUT2D eigenvalue weighted by molar-refractivity contribution is 5.73. The number of aliphatic hydroxyl groups is 3. The summed E-state index contributed by atoms with van der Waals surface area (Å²) in [6, 6.07) is 0. The van der Waals surface area contributed by atoms with Crippen LogP contribution in [-0.4, -0.2) is 66.3 Å². The Morgan fingerprint density at radius 3 is 1.71 bits per heavy atom. The first-order chi connectivity index (χ1) is 6.29. The monoisotopic (exact) mass is 211 g/mol. The van der Waals surface area contributed by atoms with Gasteiger partial charge in [0, 0.05) is 0 Å². The third-order valence-corrected chi connectivity index (χ3v) is 1.28. The molecule has 0 radical (unpaired) electrons. The fourth-order valence-electron chi connectivity index (χ4n) is 0.530. The Labute approximate surface area is 77.0 Å². The lowest BCUT2D eigenvalue weighted by Gasteiger charge is -2.24. The average Bonchev–Trinajstić information content (AvgIpc) is 2.12. The summed E-state index contributed by atoms with van der Waals surface area (Å²) in [5.74, 6) is -3.79. The number of hydroxylamine groups is 2. The Morgan fingerprint density at radius 2 is 1.43 bits per heavy atom. The number of aliphatic hydroxyl groups excluding tert-OH is 3. The standard InChI is InChI=1S/C5H9NO8/c7-1(4(10)11)2(8)6(14)3(9)5(12)13/h1-3,7-9,14H,(H,10,11)(H,12,13)/t1-,2-,3+/m0/s1. The Morgan fingerprint density at radius 1 is 1.00 bits per heavy atom. The molecule has 6 N–H and O–H groups in total. The molecule has 0 saturated heterocycles. The van der Waals surface area contributed by atoms with Gasteiger partial charge in [-0.1, -0.05) is 0 Å². The van der Waals surface area contributed by atoms with Crippen LogP contribution in [0.1, 0.15) is 0 Å². The second kappa shape index (κ2) is 4.83. The molecular formula is C5H9NO8. The molecule has 82 valence electrons. The highest BCUT2D eigenvalue weighted by atomic mass is 16.6. The molecule has 0 aromatic rings. The van der Waals surface area contributed by atoms with Gasteiger partial charge in [-0.05, 0) is 0 Å². The Bertz CT molecular complexity index is 206. The zero-order chi connectivity index (χ0) is 11.5. The number of hydrogen-bond acceptors (Lipinski definition) is 7. The molecule has 0 fully saturated rings. The molecular weight excluding hydrogens is 202 g/mol. The Hall–Kier alpha value is -1.26. The number of hydrogen-bond donors (Lipinski definition) is 6. The molecule has 0 amide bonds. The number of rotatable bonds is 5. The summed E-state index contributed by atoms with van der Waals surface area (Å²) in [6.07, 6.45) is -7.41. The number of carboxylic acid groups (broad SMARTS) is 2. The smallest absolute Gasteiger partial charge is 0.350 e. The van der Waals surface area contributed by atoms with Gasteiger partial charge in [0.05, 0.1) is 0 Å². The molecule has 3 atom stereocenters. The van der Waals surface area contributed by atoms with E-state index < -0.39 is 35.6 Å². The highest BCUT2D eigenvalue weighted by Gasteiger charge is 2.35. The molecule has 9 heteroatoms. The molecule has 0 aliphatic heterocycles. The summed E-state index contributed by atoms with van der Waals surface area (Å²) in [4.78, 5) is 20.1. The van der Waals surface area contributed by atoms with Crippen molar-refractivity contribution in [1.29, 1.82) is 0 Å². The lowest BCUT2D eigenvalue weighted by molar-refractivity contribution is -0.285. The topological polar surface area (TPSA) is 159 Å². The number of aliphatic carboxylic acids is 2. The summed E-state index contributed by atoms with van der Waals surface area (Å²) in [6.45, 7) is 0. The van der Waals surface area contributed by atoms with E-state index in [2.05, 4.69) is 0 Å². The maximum atomic E-state index is 10.1. The van der Waals surface area contributed by atoms with Crippen LogP contribution in [0.4, 0.5) is 0 Å². The van der Waals surface area contributed by atoms with Crippen LogP contribution >= 0.6 is 0 Å². The van der Waals surface area contributed by atoms with Gasteiger partial charge < -0.3 is 30.7 Å². The van der Waals surface area contributed by atoms with Gasteiger partial charge in [0.1, 0.15) is 0 Å². The van der Waals surface area contributed by atoms with Gasteiger partial charge in [0.15, 0.2) is 12.3 Å². The predicted octanol–water partition coefficient (Wildman–Crippen LogP) is -3.16. The third-order valence-electron chi connectivity index (χ3n) is 1.28. The van der Waals surface area contributed by atoms with E-state index in [9.17, 15) is 9.59 Å². The second-order valence-electron chi connectivity index (χ2n) is 2.29. The number of nitrogens with zero attached hydrogens (tertiary/aromatic N) is 1. The summed E-state index contributed by atoms with van der Waals surface area (Å²) < 4.78 is 0. The van der Waals surface area contributed by atoms with Crippen LogP contribution in [0.25, 0.3) is 0 Å². The van der Waals surface area contributed by atoms with Crippen LogP contribution in [0.3, 0.4) is 0 Å². The molecule has 0 unspecified atom stereocenters. The minimum absolute atomic E-state index is 0.596. The molecule has 0 spiro atoms. The summed E-state index contributed by atoms with van der Waals surface area (Å²) >= 11 is 0. The van der Waals surface area contributed by atoms with E-state index in [1.165, 1.54) is 0 Å². The van der Waals surface area contributed by atoms with Gasteiger partial charge >= 0.3 is 11.9 Å². The van der Waals surface area contributed by atoms with Crippen molar-refractivity contribution in [2.75, 3.05) is 0 Å². The summed E-state index contributed by atoms with van der Waals surface area (Å²) in [5, 5.41) is 50.4. The van der Waals surface area contributed by atoms with Crippen molar-refractivity contribution in [2.45, 2.75) is 18.6 Å². The Balaban J connectivity index is 4.45. The maximum Gasteiger partial charge on any atom is 0.350 e. The lowest BCUT2D eigenvalue weighted by Crippen LogP contribution is -2.52. The van der Waals surface area contributed by atoms with E-state index in [1.807, 2.05) is 0 Å². The van der Waals surface area contributed by atoms with Crippen molar-refractivity contribution in [3.8, 4) is 0 Å². The molecule has 0 rings (SSSR count). The largest absolute Gasteiger partial charge is 0.479 e. The van der Waals surface area contributed by atoms with E-state index in [4.69, 9.17) is 30.7 Å². The first-order valence-corrected chi connectivity index (χ1v) is 3.26. The fourth-order valence-corrected chi connectivity index (χ4v) is 0.530. The van der Waals surface area contributed by atoms with Crippen molar-refractivity contribution >= 4 is 11.9 Å². The lowest BCUT2D eigenvalue weighted by atomic mass is 10.3. The first-order valence-electron chi connectivity index (χ1n) is 3.26. The van der Waals surface area contributed by atoms with Crippen molar-refractivity contribution in [3.63, 3.8) is 0 Å². The van der Waals surface area contributed by atoms with Gasteiger partial charge in [0.2, 0.25) is 6.23 Å². The van der Waals surface area contributed by atoms with Crippen LogP contribution < -0.4 is 0 Å². The van der Waals surface area contributed by atoms with Crippen molar-refractivity contribution in [1.82, 2.24) is 5.06 Å². The van der Waals surface area contributed by atoms with Crippen LogP contribution in [0, 0.1) is 0 Å². The first kappa shape index (κ1) is 12.7. The van der Waals surface area contributed by atoms with Gasteiger partial charge in [-0.25, -0.2) is 9.59 Å². The zero-order valence-electron chi connectivity index (χ0n) is 6.68.